The molecule has 0 spiro atoms. The molecule has 4 nitrogen and oxygen atoms in total. The molecule has 1 heterocycles. The Morgan fingerprint density at radius 2 is 2.29 bits per heavy atom. The Hall–Kier alpha value is -0.970. The van der Waals surface area contributed by atoms with Crippen molar-refractivity contribution in [2.45, 2.75) is 39.0 Å². The highest BCUT2D eigenvalue weighted by atomic mass is 32.1. The van der Waals surface area contributed by atoms with Gasteiger partial charge in [0.2, 0.25) is 0 Å². The van der Waals surface area contributed by atoms with Gasteiger partial charge in [-0.2, -0.15) is 5.10 Å². The minimum atomic E-state index is -0.169. The highest BCUT2D eigenvalue weighted by molar-refractivity contribution is 7.71. The summed E-state index contributed by atoms with van der Waals surface area (Å²) < 4.78 is 0.279. The van der Waals surface area contributed by atoms with Gasteiger partial charge in [0.25, 0.3) is 5.56 Å². The number of nitrogens with one attached hydrogen (secondary N) is 2. The Bertz CT molecular complexity index is 396. The van der Waals surface area contributed by atoms with Gasteiger partial charge in [-0.3, -0.25) is 14.9 Å². The van der Waals surface area contributed by atoms with E-state index >= 15 is 0 Å². The summed E-state index contributed by atoms with van der Waals surface area (Å²) in [5.41, 5.74) is 0.379. The van der Waals surface area contributed by atoms with E-state index in [1.54, 1.807) is 0 Å². The Kier molecular flexibility index (Phi) is 4.00. The summed E-state index contributed by atoms with van der Waals surface area (Å²) in [7, 11) is 0. The molecule has 0 bridgehead atoms. The van der Waals surface area contributed by atoms with Crippen molar-refractivity contribution >= 4 is 12.2 Å². The largest absolute Gasteiger partial charge is 0.296 e. The number of unbranched alkanes of at least 4 members (excludes halogenated alkanes) is 1. The van der Waals surface area contributed by atoms with E-state index in [1.807, 2.05) is 6.92 Å². The van der Waals surface area contributed by atoms with Crippen molar-refractivity contribution in [3.63, 3.8) is 0 Å². The minimum Gasteiger partial charge on any atom is -0.296 e. The van der Waals surface area contributed by atoms with Crippen molar-refractivity contribution in [3.8, 4) is 0 Å². The number of hydrogen-bond donors (Lipinski definition) is 2. The molecule has 0 saturated heterocycles. The van der Waals surface area contributed by atoms with Crippen LogP contribution in [0.3, 0.4) is 0 Å². The molecule has 2 N–H and O–H groups in total. The van der Waals surface area contributed by atoms with E-state index in [1.165, 1.54) is 0 Å². The predicted octanol–water partition coefficient (Wildman–Crippen LogP) is 2.12. The van der Waals surface area contributed by atoms with Crippen LogP contribution in [0.5, 0.6) is 0 Å². The normalized spacial score (nSPS) is 12.7. The fourth-order valence-corrected chi connectivity index (χ4v) is 1.48. The monoisotopic (exact) mass is 213 g/mol. The van der Waals surface area contributed by atoms with Crippen molar-refractivity contribution in [1.29, 1.82) is 0 Å². The fourth-order valence-electron chi connectivity index (χ4n) is 1.34. The first-order chi connectivity index (χ1) is 6.65. The van der Waals surface area contributed by atoms with Crippen LogP contribution >= 0.6 is 12.2 Å². The summed E-state index contributed by atoms with van der Waals surface area (Å²) in [5, 5.41) is 6.57. The van der Waals surface area contributed by atoms with Crippen LogP contribution in [0.15, 0.2) is 4.79 Å². The predicted molar refractivity (Wildman–Crippen MR) is 58.0 cm³/mol. The van der Waals surface area contributed by atoms with Gasteiger partial charge in [0.05, 0.1) is 0 Å². The number of H-pyrrole nitrogens is 2. The zero-order chi connectivity index (χ0) is 10.6. The van der Waals surface area contributed by atoms with Crippen LogP contribution in [0.1, 0.15) is 44.7 Å². The van der Waals surface area contributed by atoms with E-state index in [-0.39, 0.29) is 16.2 Å². The van der Waals surface area contributed by atoms with Crippen LogP contribution < -0.4 is 5.56 Å². The molecule has 0 aliphatic rings. The second-order valence-corrected chi connectivity index (χ2v) is 3.84. The molecule has 0 aromatic carbocycles. The molecule has 14 heavy (non-hydrogen) atoms. The molecular weight excluding hydrogens is 198 g/mol. The molecule has 1 unspecified atom stereocenters. The van der Waals surface area contributed by atoms with E-state index in [9.17, 15) is 4.79 Å². The third kappa shape index (κ3) is 2.77. The topological polar surface area (TPSA) is 61.5 Å². The van der Waals surface area contributed by atoms with Crippen molar-refractivity contribution in [3.05, 3.63) is 20.8 Å². The number of aromatic amines is 2. The second-order valence-electron chi connectivity index (χ2n) is 3.44. The molecule has 1 rings (SSSR count). The lowest BCUT2D eigenvalue weighted by atomic mass is 10.0. The van der Waals surface area contributed by atoms with Crippen LogP contribution in [0.25, 0.3) is 0 Å². The molecule has 0 fully saturated rings. The quantitative estimate of drug-likeness (QED) is 0.753. The SMILES string of the molecule is CCCCC(C)c1n[nH]c(=S)[nH]c1=O. The molecule has 1 aromatic heterocycles. The van der Waals surface area contributed by atoms with E-state index in [0.717, 1.165) is 19.3 Å². The maximum atomic E-state index is 11.4. The molecule has 1 aromatic rings. The smallest absolute Gasteiger partial charge is 0.273 e. The summed E-state index contributed by atoms with van der Waals surface area (Å²) in [6.45, 7) is 4.13. The maximum Gasteiger partial charge on any atom is 0.273 e. The first kappa shape index (κ1) is 11.1. The molecule has 0 saturated carbocycles. The van der Waals surface area contributed by atoms with Crippen LogP contribution in [0, 0.1) is 4.77 Å². The highest BCUT2D eigenvalue weighted by Crippen LogP contribution is 2.15. The Morgan fingerprint density at radius 1 is 1.57 bits per heavy atom. The first-order valence-electron chi connectivity index (χ1n) is 4.84. The van der Waals surface area contributed by atoms with Crippen LogP contribution in [-0.4, -0.2) is 15.2 Å². The minimum absolute atomic E-state index is 0.169. The van der Waals surface area contributed by atoms with Gasteiger partial charge in [-0.15, -0.1) is 0 Å². The van der Waals surface area contributed by atoms with Crippen LogP contribution in [0.4, 0.5) is 0 Å². The second kappa shape index (κ2) is 5.05. The molecule has 0 radical (unpaired) electrons. The average molecular weight is 213 g/mol. The van der Waals surface area contributed by atoms with Gasteiger partial charge in [-0.25, -0.2) is 0 Å². The summed E-state index contributed by atoms with van der Waals surface area (Å²) >= 11 is 4.76. The van der Waals surface area contributed by atoms with Crippen molar-refractivity contribution in [2.75, 3.05) is 0 Å². The molecule has 1 atom stereocenters. The first-order valence-corrected chi connectivity index (χ1v) is 5.25. The summed E-state index contributed by atoms with van der Waals surface area (Å²) in [5.74, 6) is 0.186. The molecule has 0 amide bonds. The standard InChI is InChI=1S/C9H15N3OS/c1-3-4-5-6(2)7-8(13)10-9(14)12-11-7/h6H,3-5H2,1-2H3,(H2,10,12,13,14). The van der Waals surface area contributed by atoms with Crippen molar-refractivity contribution in [2.24, 2.45) is 0 Å². The maximum absolute atomic E-state index is 11.4. The van der Waals surface area contributed by atoms with Gasteiger partial charge < -0.3 is 0 Å². The average Bonchev–Trinajstić information content (AvgIpc) is 2.14. The number of hydrogen-bond acceptors (Lipinski definition) is 3. The van der Waals surface area contributed by atoms with E-state index in [4.69, 9.17) is 12.2 Å². The summed E-state index contributed by atoms with van der Waals surface area (Å²) in [6.07, 6.45) is 3.22. The number of rotatable bonds is 4. The lowest BCUT2D eigenvalue weighted by Crippen LogP contribution is -2.18. The fraction of sp³-hybridized carbons (Fsp3) is 0.667. The van der Waals surface area contributed by atoms with Crippen molar-refractivity contribution < 1.29 is 0 Å². The highest BCUT2D eigenvalue weighted by Gasteiger charge is 2.10. The number of aromatic nitrogens is 3. The molecular formula is C9H15N3OS. The third-order valence-electron chi connectivity index (χ3n) is 2.20. The van der Waals surface area contributed by atoms with Gasteiger partial charge in [0.1, 0.15) is 5.69 Å². The van der Waals surface area contributed by atoms with Crippen LogP contribution in [0.2, 0.25) is 0 Å². The van der Waals surface area contributed by atoms with Gasteiger partial charge in [0.15, 0.2) is 4.77 Å². The zero-order valence-corrected chi connectivity index (χ0v) is 9.28. The van der Waals surface area contributed by atoms with Crippen molar-refractivity contribution in [1.82, 2.24) is 15.2 Å². The number of nitrogens with zero attached hydrogens (tertiary/aromatic N) is 1. The summed E-state index contributed by atoms with van der Waals surface area (Å²) in [4.78, 5) is 14.0. The molecule has 78 valence electrons. The Balaban J connectivity index is 2.85. The van der Waals surface area contributed by atoms with Gasteiger partial charge in [-0.05, 0) is 18.6 Å². The van der Waals surface area contributed by atoms with Crippen LogP contribution in [-0.2, 0) is 0 Å². The van der Waals surface area contributed by atoms with E-state index in [2.05, 4.69) is 22.1 Å². The third-order valence-corrected chi connectivity index (χ3v) is 2.39. The Morgan fingerprint density at radius 3 is 2.86 bits per heavy atom. The summed E-state index contributed by atoms with van der Waals surface area (Å²) in [6, 6.07) is 0. The lowest BCUT2D eigenvalue weighted by Gasteiger charge is -2.07. The molecule has 0 aliphatic carbocycles. The Labute approximate surface area is 87.8 Å². The van der Waals surface area contributed by atoms with Gasteiger partial charge >= 0.3 is 0 Å². The molecule has 0 aliphatic heterocycles. The van der Waals surface area contributed by atoms with E-state index in [0.29, 0.717) is 5.69 Å². The zero-order valence-electron chi connectivity index (χ0n) is 8.46. The van der Waals surface area contributed by atoms with E-state index < -0.39 is 0 Å². The van der Waals surface area contributed by atoms with Gasteiger partial charge in [0, 0.05) is 5.92 Å². The molecule has 5 heteroatoms. The van der Waals surface area contributed by atoms with Gasteiger partial charge in [-0.1, -0.05) is 26.7 Å². The lowest BCUT2D eigenvalue weighted by molar-refractivity contribution is 0.593.